The smallest absolute Gasteiger partial charge is 0.306 e. The van der Waals surface area contributed by atoms with E-state index in [2.05, 4.69) is 106 Å². The fourth-order valence-corrected chi connectivity index (χ4v) is 10.2. The SMILES string of the molecule is CC/C=C\C/C=C\C/C=C\C/C=C\CCCCCCCCCCCCCCCCC(=O)OCC(COC(=O)CCCCCCCCC/C=C\C/C=C\C/C=C\CC)OC(=O)CCCCCCCCCCCCCCCCCCCCC. The zero-order valence-corrected chi connectivity index (χ0v) is 53.8. The molecule has 0 N–H and O–H groups in total. The first-order valence-electron chi connectivity index (χ1n) is 35.1. The molecule has 0 aliphatic heterocycles. The van der Waals surface area contributed by atoms with Gasteiger partial charge in [0.05, 0.1) is 0 Å². The molecule has 0 fully saturated rings. The maximum atomic E-state index is 13.0. The maximum absolute atomic E-state index is 13.0. The van der Waals surface area contributed by atoms with Crippen molar-refractivity contribution in [1.29, 1.82) is 0 Å². The van der Waals surface area contributed by atoms with Gasteiger partial charge in [0.15, 0.2) is 6.10 Å². The molecule has 1 unspecified atom stereocenters. The summed E-state index contributed by atoms with van der Waals surface area (Å²) in [6, 6.07) is 0. The Hall–Kier alpha value is -3.41. The van der Waals surface area contributed by atoms with Gasteiger partial charge in [0, 0.05) is 19.3 Å². The van der Waals surface area contributed by atoms with Crippen LogP contribution in [0.1, 0.15) is 355 Å². The molecule has 468 valence electrons. The number of esters is 3. The van der Waals surface area contributed by atoms with Crippen LogP contribution >= 0.6 is 0 Å². The van der Waals surface area contributed by atoms with E-state index in [9.17, 15) is 14.4 Å². The molecule has 0 aliphatic rings. The standard InChI is InChI=1S/C75H132O6/c1-4-7-10-13-16-19-22-25-28-31-33-34-35-36-37-38-39-40-42-44-47-50-53-56-59-62-65-68-74(77)80-71-72(70-79-73(76)67-64-61-58-55-52-49-46-43-30-27-24-21-18-15-12-9-6-3)81-75(78)69-66-63-60-57-54-51-48-45-41-32-29-26-23-20-17-14-11-8-5-2/h7,9-10,12,16,18-19,21,25,27-28,30,33-34,72H,4-6,8,11,13-15,17,20,22-24,26,29,31-32,35-71H2,1-3H3/b10-7-,12-9-,19-16-,21-18-,28-25-,30-27-,34-33-. The highest BCUT2D eigenvalue weighted by Gasteiger charge is 2.19. The lowest BCUT2D eigenvalue weighted by Gasteiger charge is -2.18. The summed E-state index contributed by atoms with van der Waals surface area (Å²) in [5.74, 6) is -0.865. The van der Waals surface area contributed by atoms with E-state index in [1.165, 1.54) is 205 Å². The summed E-state index contributed by atoms with van der Waals surface area (Å²) in [6.07, 6.45) is 91.8. The maximum Gasteiger partial charge on any atom is 0.306 e. The van der Waals surface area contributed by atoms with Crippen molar-refractivity contribution in [2.75, 3.05) is 13.2 Å². The Bertz CT molecular complexity index is 1530. The Balaban J connectivity index is 4.30. The van der Waals surface area contributed by atoms with E-state index in [1.807, 2.05) is 0 Å². The molecule has 0 saturated heterocycles. The highest BCUT2D eigenvalue weighted by molar-refractivity contribution is 5.71. The van der Waals surface area contributed by atoms with Crippen LogP contribution < -0.4 is 0 Å². The van der Waals surface area contributed by atoms with Crippen LogP contribution in [-0.2, 0) is 28.6 Å². The Morgan fingerprint density at radius 3 is 0.753 bits per heavy atom. The van der Waals surface area contributed by atoms with Gasteiger partial charge in [0.1, 0.15) is 13.2 Å². The largest absolute Gasteiger partial charge is 0.462 e. The van der Waals surface area contributed by atoms with Gasteiger partial charge in [-0.15, -0.1) is 0 Å². The van der Waals surface area contributed by atoms with Crippen molar-refractivity contribution in [1.82, 2.24) is 0 Å². The monoisotopic (exact) mass is 1130 g/mol. The van der Waals surface area contributed by atoms with Gasteiger partial charge in [-0.2, -0.15) is 0 Å². The van der Waals surface area contributed by atoms with Gasteiger partial charge in [-0.1, -0.05) is 331 Å². The number of unbranched alkanes of at least 4 members (excludes halogenated alkanes) is 39. The molecule has 6 nitrogen and oxygen atoms in total. The van der Waals surface area contributed by atoms with E-state index in [0.29, 0.717) is 19.3 Å². The number of hydrogen-bond donors (Lipinski definition) is 0. The molecular weight excluding hydrogens is 997 g/mol. The minimum Gasteiger partial charge on any atom is -0.462 e. The number of carbonyl (C=O) groups is 3. The third kappa shape index (κ3) is 67.3. The average Bonchev–Trinajstić information content (AvgIpc) is 3.47. The summed E-state index contributed by atoms with van der Waals surface area (Å²) in [4.78, 5) is 38.5. The normalized spacial score (nSPS) is 12.6. The third-order valence-electron chi connectivity index (χ3n) is 15.4. The average molecular weight is 1130 g/mol. The zero-order chi connectivity index (χ0) is 58.5. The molecule has 81 heavy (non-hydrogen) atoms. The van der Waals surface area contributed by atoms with Crippen LogP contribution in [0.4, 0.5) is 0 Å². The number of hydrogen-bond acceptors (Lipinski definition) is 6. The number of carbonyl (C=O) groups excluding carboxylic acids is 3. The quantitative estimate of drug-likeness (QED) is 0.0261. The molecule has 0 bridgehead atoms. The molecule has 0 radical (unpaired) electrons. The van der Waals surface area contributed by atoms with Gasteiger partial charge in [0.25, 0.3) is 0 Å². The van der Waals surface area contributed by atoms with Crippen LogP contribution in [0.25, 0.3) is 0 Å². The molecule has 1 atom stereocenters. The molecule has 0 aromatic rings. The van der Waals surface area contributed by atoms with Crippen molar-refractivity contribution < 1.29 is 28.6 Å². The fraction of sp³-hybridized carbons (Fsp3) is 0.773. The van der Waals surface area contributed by atoms with Crippen LogP contribution in [0, 0.1) is 0 Å². The lowest BCUT2D eigenvalue weighted by Crippen LogP contribution is -2.30. The summed E-state index contributed by atoms with van der Waals surface area (Å²) in [6.45, 7) is 6.47. The molecular formula is C75H132O6. The van der Waals surface area contributed by atoms with Crippen molar-refractivity contribution in [3.8, 4) is 0 Å². The van der Waals surface area contributed by atoms with Gasteiger partial charge < -0.3 is 14.2 Å². The molecule has 0 rings (SSSR count). The van der Waals surface area contributed by atoms with Crippen molar-refractivity contribution >= 4 is 17.9 Å². The summed E-state index contributed by atoms with van der Waals surface area (Å²) in [5, 5.41) is 0. The predicted octanol–water partition coefficient (Wildman–Crippen LogP) is 24.2. The summed E-state index contributed by atoms with van der Waals surface area (Å²) in [7, 11) is 0. The molecule has 0 saturated carbocycles. The molecule has 0 amide bonds. The van der Waals surface area contributed by atoms with Gasteiger partial charge in [-0.25, -0.2) is 0 Å². The highest BCUT2D eigenvalue weighted by Crippen LogP contribution is 2.18. The van der Waals surface area contributed by atoms with Crippen LogP contribution in [0.2, 0.25) is 0 Å². The molecule has 0 aromatic carbocycles. The second-order valence-corrected chi connectivity index (χ2v) is 23.4. The number of allylic oxidation sites excluding steroid dienone is 14. The molecule has 0 aliphatic carbocycles. The Kier molecular flexibility index (Phi) is 66.2. The first-order valence-corrected chi connectivity index (χ1v) is 35.1. The summed E-state index contributed by atoms with van der Waals surface area (Å²) >= 11 is 0. The lowest BCUT2D eigenvalue weighted by atomic mass is 10.0. The Labute approximate surface area is 503 Å². The minimum atomic E-state index is -0.780. The summed E-state index contributed by atoms with van der Waals surface area (Å²) in [5.41, 5.74) is 0. The van der Waals surface area contributed by atoms with Crippen LogP contribution in [0.3, 0.4) is 0 Å². The van der Waals surface area contributed by atoms with Crippen LogP contribution in [0.5, 0.6) is 0 Å². The van der Waals surface area contributed by atoms with E-state index < -0.39 is 6.10 Å². The first kappa shape index (κ1) is 77.6. The molecule has 0 spiro atoms. The minimum absolute atomic E-state index is 0.0759. The van der Waals surface area contributed by atoms with Crippen LogP contribution in [-0.4, -0.2) is 37.2 Å². The fourth-order valence-electron chi connectivity index (χ4n) is 10.2. The van der Waals surface area contributed by atoms with E-state index in [4.69, 9.17) is 14.2 Å². The first-order chi connectivity index (χ1) is 40.0. The highest BCUT2D eigenvalue weighted by atomic mass is 16.6. The summed E-state index contributed by atoms with van der Waals surface area (Å²) < 4.78 is 17.0. The van der Waals surface area contributed by atoms with E-state index in [-0.39, 0.29) is 31.1 Å². The van der Waals surface area contributed by atoms with Crippen molar-refractivity contribution in [3.63, 3.8) is 0 Å². The Morgan fingerprint density at radius 2 is 0.481 bits per heavy atom. The van der Waals surface area contributed by atoms with E-state index in [0.717, 1.165) is 109 Å². The molecule has 0 heterocycles. The second kappa shape index (κ2) is 69.1. The van der Waals surface area contributed by atoms with Crippen LogP contribution in [0.15, 0.2) is 85.1 Å². The second-order valence-electron chi connectivity index (χ2n) is 23.4. The zero-order valence-electron chi connectivity index (χ0n) is 53.8. The van der Waals surface area contributed by atoms with E-state index in [1.54, 1.807) is 0 Å². The third-order valence-corrected chi connectivity index (χ3v) is 15.4. The van der Waals surface area contributed by atoms with Gasteiger partial charge in [0.2, 0.25) is 0 Å². The van der Waals surface area contributed by atoms with E-state index >= 15 is 0 Å². The van der Waals surface area contributed by atoms with Gasteiger partial charge in [-0.3, -0.25) is 14.4 Å². The molecule has 6 heteroatoms. The number of ether oxygens (including phenoxy) is 3. The van der Waals surface area contributed by atoms with Crippen molar-refractivity contribution in [2.24, 2.45) is 0 Å². The predicted molar refractivity (Wildman–Crippen MR) is 353 cm³/mol. The number of rotatable bonds is 64. The molecule has 0 aromatic heterocycles. The lowest BCUT2D eigenvalue weighted by molar-refractivity contribution is -0.167. The van der Waals surface area contributed by atoms with Crippen molar-refractivity contribution in [3.05, 3.63) is 85.1 Å². The van der Waals surface area contributed by atoms with Gasteiger partial charge >= 0.3 is 17.9 Å². The topological polar surface area (TPSA) is 78.9 Å². The van der Waals surface area contributed by atoms with Gasteiger partial charge in [-0.05, 0) is 89.9 Å². The Morgan fingerprint density at radius 1 is 0.259 bits per heavy atom. The van der Waals surface area contributed by atoms with Crippen molar-refractivity contribution in [2.45, 2.75) is 361 Å².